The lowest BCUT2D eigenvalue weighted by Crippen LogP contribution is -2.40. The molecule has 1 aromatic carbocycles. The molecule has 0 bridgehead atoms. The van der Waals surface area contributed by atoms with Crippen molar-refractivity contribution in [1.82, 2.24) is 14.8 Å². The van der Waals surface area contributed by atoms with Crippen molar-refractivity contribution in [2.45, 2.75) is 12.3 Å². The zero-order valence-electron chi connectivity index (χ0n) is 16.6. The standard InChI is InChI=1S/C23H23N3O3S/c27-22(16-5-8-24-9-6-16)26-10-7-17(15-26)20-18-3-1-2-4-19(18)30-21(20)23(28)25-11-13-29-14-12-25/h1-6,8-9,17H,7,10-15H2. The molecule has 2 aliphatic heterocycles. The maximum Gasteiger partial charge on any atom is 0.264 e. The second kappa shape index (κ2) is 8.16. The highest BCUT2D eigenvalue weighted by Gasteiger charge is 2.34. The highest BCUT2D eigenvalue weighted by molar-refractivity contribution is 7.21. The van der Waals surface area contributed by atoms with Crippen molar-refractivity contribution in [3.63, 3.8) is 0 Å². The molecule has 1 atom stereocenters. The van der Waals surface area contributed by atoms with Gasteiger partial charge in [-0.2, -0.15) is 0 Å². The molecule has 0 saturated carbocycles. The van der Waals surface area contributed by atoms with E-state index in [0.29, 0.717) is 45.0 Å². The van der Waals surface area contributed by atoms with Crippen LogP contribution in [-0.2, 0) is 4.74 Å². The van der Waals surface area contributed by atoms with Gasteiger partial charge in [-0.15, -0.1) is 11.3 Å². The maximum atomic E-state index is 13.4. The molecule has 2 aliphatic rings. The van der Waals surface area contributed by atoms with Crippen LogP contribution in [0.15, 0.2) is 48.8 Å². The molecule has 3 aromatic rings. The van der Waals surface area contributed by atoms with E-state index in [1.807, 2.05) is 21.9 Å². The first-order valence-electron chi connectivity index (χ1n) is 10.3. The van der Waals surface area contributed by atoms with Crippen LogP contribution in [-0.4, -0.2) is 66.0 Å². The summed E-state index contributed by atoms with van der Waals surface area (Å²) in [6, 6.07) is 11.7. The van der Waals surface area contributed by atoms with E-state index in [1.165, 1.54) is 0 Å². The minimum absolute atomic E-state index is 0.0282. The summed E-state index contributed by atoms with van der Waals surface area (Å²) in [4.78, 5) is 34.9. The molecule has 2 saturated heterocycles. The van der Waals surface area contributed by atoms with Crippen LogP contribution in [0.3, 0.4) is 0 Å². The van der Waals surface area contributed by atoms with Gasteiger partial charge in [-0.05, 0) is 35.6 Å². The summed E-state index contributed by atoms with van der Waals surface area (Å²) in [7, 11) is 0. The Bertz CT molecular complexity index is 1080. The molecule has 2 aromatic heterocycles. The molecule has 0 N–H and O–H groups in total. The van der Waals surface area contributed by atoms with Gasteiger partial charge in [0, 0.05) is 54.8 Å². The molecule has 4 heterocycles. The summed E-state index contributed by atoms with van der Waals surface area (Å²) in [6.07, 6.45) is 4.15. The van der Waals surface area contributed by atoms with Crippen molar-refractivity contribution in [3.05, 3.63) is 64.8 Å². The number of carbonyl (C=O) groups excluding carboxylic acids is 2. The van der Waals surface area contributed by atoms with E-state index in [9.17, 15) is 9.59 Å². The number of likely N-dealkylation sites (tertiary alicyclic amines) is 1. The SMILES string of the molecule is O=C(c1ccncc1)N1CCC(c2c(C(=O)N3CCOCC3)sc3ccccc23)C1. The second-order valence-electron chi connectivity index (χ2n) is 7.72. The first-order valence-corrected chi connectivity index (χ1v) is 11.1. The number of thiophene rings is 1. The molecular formula is C23H23N3O3S. The largest absolute Gasteiger partial charge is 0.378 e. The lowest BCUT2D eigenvalue weighted by molar-refractivity contribution is 0.0305. The quantitative estimate of drug-likeness (QED) is 0.650. The zero-order chi connectivity index (χ0) is 20.5. The highest BCUT2D eigenvalue weighted by atomic mass is 32.1. The number of aromatic nitrogens is 1. The Morgan fingerprint density at radius 1 is 0.967 bits per heavy atom. The van der Waals surface area contributed by atoms with Gasteiger partial charge in [0.25, 0.3) is 11.8 Å². The molecule has 7 heteroatoms. The number of fused-ring (bicyclic) bond motifs is 1. The molecule has 0 aliphatic carbocycles. The average Bonchev–Trinajstić information content (AvgIpc) is 3.44. The van der Waals surface area contributed by atoms with Crippen LogP contribution in [0.4, 0.5) is 0 Å². The van der Waals surface area contributed by atoms with Crippen molar-refractivity contribution in [3.8, 4) is 0 Å². The minimum atomic E-state index is 0.0282. The average molecular weight is 422 g/mol. The first-order chi connectivity index (χ1) is 14.7. The van der Waals surface area contributed by atoms with Crippen LogP contribution in [0.5, 0.6) is 0 Å². The fourth-order valence-corrected chi connectivity index (χ4v) is 5.65. The third-order valence-corrected chi connectivity index (χ3v) is 7.11. The summed E-state index contributed by atoms with van der Waals surface area (Å²) in [5, 5.41) is 1.14. The Labute approximate surface area is 179 Å². The van der Waals surface area contributed by atoms with Crippen LogP contribution in [0, 0.1) is 0 Å². The summed E-state index contributed by atoms with van der Waals surface area (Å²) >= 11 is 1.57. The molecular weight excluding hydrogens is 398 g/mol. The summed E-state index contributed by atoms with van der Waals surface area (Å²) in [6.45, 7) is 3.76. The molecule has 2 amide bonds. The monoisotopic (exact) mass is 421 g/mol. The van der Waals surface area contributed by atoms with E-state index in [-0.39, 0.29) is 17.7 Å². The number of ether oxygens (including phenoxy) is 1. The van der Waals surface area contributed by atoms with Gasteiger partial charge in [0.05, 0.1) is 18.1 Å². The van der Waals surface area contributed by atoms with Crippen LogP contribution < -0.4 is 0 Å². The molecule has 5 rings (SSSR count). The lowest BCUT2D eigenvalue weighted by Gasteiger charge is -2.27. The van der Waals surface area contributed by atoms with Gasteiger partial charge < -0.3 is 14.5 Å². The minimum Gasteiger partial charge on any atom is -0.378 e. The number of hydrogen-bond acceptors (Lipinski definition) is 5. The Morgan fingerprint density at radius 3 is 2.53 bits per heavy atom. The molecule has 2 fully saturated rings. The van der Waals surface area contributed by atoms with Crippen molar-refractivity contribution in [2.24, 2.45) is 0 Å². The van der Waals surface area contributed by atoms with Crippen molar-refractivity contribution in [1.29, 1.82) is 0 Å². The van der Waals surface area contributed by atoms with Crippen LogP contribution in [0.2, 0.25) is 0 Å². The first kappa shape index (κ1) is 19.2. The molecule has 1 unspecified atom stereocenters. The van der Waals surface area contributed by atoms with Gasteiger partial charge in [0.2, 0.25) is 0 Å². The predicted octanol–water partition coefficient (Wildman–Crippen LogP) is 3.40. The lowest BCUT2D eigenvalue weighted by atomic mass is 9.94. The predicted molar refractivity (Wildman–Crippen MR) is 116 cm³/mol. The normalized spacial score (nSPS) is 19.4. The number of nitrogens with zero attached hydrogens (tertiary/aromatic N) is 3. The number of morpholine rings is 1. The van der Waals surface area contributed by atoms with E-state index < -0.39 is 0 Å². The fourth-order valence-electron chi connectivity index (χ4n) is 4.40. The van der Waals surface area contributed by atoms with Crippen LogP contribution in [0.25, 0.3) is 10.1 Å². The second-order valence-corrected chi connectivity index (χ2v) is 8.77. The van der Waals surface area contributed by atoms with Crippen molar-refractivity contribution in [2.75, 3.05) is 39.4 Å². The molecule has 0 radical (unpaired) electrons. The summed E-state index contributed by atoms with van der Waals surface area (Å²) < 4.78 is 6.55. The van der Waals surface area contributed by atoms with Gasteiger partial charge >= 0.3 is 0 Å². The Hall–Kier alpha value is -2.77. The van der Waals surface area contributed by atoms with E-state index >= 15 is 0 Å². The topological polar surface area (TPSA) is 62.7 Å². The van der Waals surface area contributed by atoms with Gasteiger partial charge in [-0.25, -0.2) is 0 Å². The van der Waals surface area contributed by atoms with Gasteiger partial charge in [-0.3, -0.25) is 14.6 Å². The van der Waals surface area contributed by atoms with E-state index in [4.69, 9.17) is 4.74 Å². The Morgan fingerprint density at radius 2 is 1.73 bits per heavy atom. The fraction of sp³-hybridized carbons (Fsp3) is 0.348. The number of carbonyl (C=O) groups is 2. The third kappa shape index (κ3) is 3.48. The third-order valence-electron chi connectivity index (χ3n) is 5.94. The Kier molecular flexibility index (Phi) is 5.23. The zero-order valence-corrected chi connectivity index (χ0v) is 17.4. The van der Waals surface area contributed by atoms with Gasteiger partial charge in [0.15, 0.2) is 0 Å². The molecule has 30 heavy (non-hydrogen) atoms. The number of rotatable bonds is 3. The maximum absolute atomic E-state index is 13.4. The number of amides is 2. The van der Waals surface area contributed by atoms with Crippen LogP contribution >= 0.6 is 11.3 Å². The summed E-state index contributed by atoms with van der Waals surface area (Å²) in [5.41, 5.74) is 1.77. The van der Waals surface area contributed by atoms with Crippen LogP contribution in [0.1, 0.15) is 37.9 Å². The number of hydrogen-bond donors (Lipinski definition) is 0. The summed E-state index contributed by atoms with van der Waals surface area (Å²) in [5.74, 6) is 0.279. The smallest absolute Gasteiger partial charge is 0.264 e. The van der Waals surface area contributed by atoms with E-state index in [0.717, 1.165) is 26.9 Å². The van der Waals surface area contributed by atoms with E-state index in [1.54, 1.807) is 35.9 Å². The highest BCUT2D eigenvalue weighted by Crippen LogP contribution is 2.41. The van der Waals surface area contributed by atoms with Gasteiger partial charge in [0.1, 0.15) is 0 Å². The van der Waals surface area contributed by atoms with Crippen molar-refractivity contribution >= 4 is 33.2 Å². The van der Waals surface area contributed by atoms with E-state index in [2.05, 4.69) is 17.1 Å². The van der Waals surface area contributed by atoms with Crippen molar-refractivity contribution < 1.29 is 14.3 Å². The molecule has 154 valence electrons. The molecule has 6 nitrogen and oxygen atoms in total. The number of benzene rings is 1. The molecule has 0 spiro atoms. The van der Waals surface area contributed by atoms with Gasteiger partial charge in [-0.1, -0.05) is 18.2 Å². The number of pyridine rings is 1. The Balaban J connectivity index is 1.46.